The van der Waals surface area contributed by atoms with Crippen LogP contribution in [0.1, 0.15) is 76.5 Å². The molecule has 35 heteroatoms. The van der Waals surface area contributed by atoms with Crippen LogP contribution in [-0.2, 0) is 85.7 Å². The lowest BCUT2D eigenvalue weighted by Crippen LogP contribution is -2.48. The second kappa shape index (κ2) is 25.3. The molecule has 0 aliphatic carbocycles. The van der Waals surface area contributed by atoms with Crippen molar-refractivity contribution in [2.45, 2.75) is 121 Å². The van der Waals surface area contributed by atoms with Crippen LogP contribution in [0.4, 0.5) is 16.7 Å². The number of nitrogens with zero attached hydrogens (tertiary/aromatic N) is 7. The van der Waals surface area contributed by atoms with E-state index in [-0.39, 0.29) is 95.9 Å². The number of Topliss-reactive ketones (excluding diaryl/α,β-unsaturated/α-hetero) is 2. The number of thiol groups is 1. The number of amides is 4. The molecule has 12 atom stereocenters. The number of nitrogen functional groups attached to an aromatic ring is 2. The van der Waals surface area contributed by atoms with Crippen LogP contribution in [0, 0.1) is 11.8 Å². The first-order chi connectivity index (χ1) is 39.3. The highest BCUT2D eigenvalue weighted by Crippen LogP contribution is 2.58. The van der Waals surface area contributed by atoms with E-state index < -0.39 is 111 Å². The van der Waals surface area contributed by atoms with Crippen LogP contribution in [0.15, 0.2) is 58.7 Å². The van der Waals surface area contributed by atoms with Gasteiger partial charge < -0.3 is 55.4 Å². The Morgan fingerprint density at radius 3 is 2.05 bits per heavy atom. The molecule has 9 rings (SSSR count). The Labute approximate surface area is 480 Å². The number of anilines is 2. The lowest BCUT2D eigenvalue weighted by molar-refractivity contribution is -0.137. The number of aliphatic hydroxyl groups is 1. The average molecular weight is 1230 g/mol. The van der Waals surface area contributed by atoms with Crippen LogP contribution in [-0.4, -0.2) is 152 Å². The normalized spacial score (nSPS) is 27.2. The first kappa shape index (κ1) is 61.0. The summed E-state index contributed by atoms with van der Waals surface area (Å²) < 4.78 is 57.8. The fraction of sp³-hybridized carbons (Fsp3) is 0.500. The van der Waals surface area contributed by atoms with Gasteiger partial charge in [0.15, 0.2) is 40.6 Å². The van der Waals surface area contributed by atoms with Gasteiger partial charge in [0.05, 0.1) is 31.9 Å². The summed E-state index contributed by atoms with van der Waals surface area (Å²) in [6, 6.07) is 4.15. The number of rotatable bonds is 19. The summed E-state index contributed by atoms with van der Waals surface area (Å²) in [7, 11) is 0. The van der Waals surface area contributed by atoms with Crippen molar-refractivity contribution in [3.8, 4) is 0 Å². The molecule has 0 radical (unpaired) electrons. The molecule has 1 aromatic carbocycles. The molecule has 8 heterocycles. The zero-order chi connectivity index (χ0) is 59.7. The number of H-pyrrole nitrogens is 2. The molecule has 0 saturated carbocycles. The molecular weight excluding hydrogens is 1170 g/mol. The summed E-state index contributed by atoms with van der Waals surface area (Å²) in [4.78, 5) is 136. The predicted octanol–water partition coefficient (Wildman–Crippen LogP) is 1.27. The Morgan fingerprint density at radius 2 is 1.42 bits per heavy atom. The van der Waals surface area contributed by atoms with Crippen LogP contribution in [0.2, 0.25) is 0 Å². The number of carbonyl (C=O) groups excluding carboxylic acids is 6. The third kappa shape index (κ3) is 14.2. The first-order valence-corrected chi connectivity index (χ1v) is 31.3. The van der Waals surface area contributed by atoms with Crippen molar-refractivity contribution in [1.82, 2.24) is 54.6 Å². The zero-order valence-electron chi connectivity index (χ0n) is 44.5. The number of hydrogen-bond donors (Lipinski definition) is 9. The highest BCUT2D eigenvalue weighted by atomic mass is 32.7. The van der Waals surface area contributed by atoms with Crippen LogP contribution >= 0.6 is 25.8 Å². The van der Waals surface area contributed by atoms with E-state index in [2.05, 4.69) is 52.8 Å². The van der Waals surface area contributed by atoms with Crippen LogP contribution in [0.5, 0.6) is 0 Å². The van der Waals surface area contributed by atoms with Gasteiger partial charge in [0.25, 0.3) is 22.9 Å². The van der Waals surface area contributed by atoms with Gasteiger partial charge in [0, 0.05) is 43.9 Å². The number of aromatic nitrogens is 8. The van der Waals surface area contributed by atoms with Gasteiger partial charge >= 0.3 is 19.6 Å². The molecule has 4 aliphatic heterocycles. The topological polar surface area (TPSA) is 431 Å². The number of fused-ring (bicyclic) bond motifs is 4. The Hall–Kier alpha value is -6.61. The number of ether oxygens (including phenoxy) is 3. The van der Waals surface area contributed by atoms with E-state index in [0.717, 1.165) is 17.6 Å². The highest BCUT2D eigenvalue weighted by Gasteiger charge is 2.54. The molecule has 4 unspecified atom stereocenters. The molecule has 83 heavy (non-hydrogen) atoms. The number of ketones is 2. The number of alkyl carbamates (subject to hydrolysis) is 1. The van der Waals surface area contributed by atoms with Crippen molar-refractivity contribution in [2.75, 3.05) is 31.2 Å². The Bertz CT molecular complexity index is 3560. The number of imidazole rings is 2. The summed E-state index contributed by atoms with van der Waals surface area (Å²) >= 11 is 9.64. The van der Waals surface area contributed by atoms with E-state index in [1.165, 1.54) is 21.3 Å². The van der Waals surface area contributed by atoms with E-state index in [0.29, 0.717) is 30.4 Å². The van der Waals surface area contributed by atoms with Crippen LogP contribution < -0.4 is 33.2 Å². The van der Waals surface area contributed by atoms with E-state index in [1.54, 1.807) is 31.2 Å². The molecule has 5 aromatic rings. The summed E-state index contributed by atoms with van der Waals surface area (Å²) in [5.41, 5.74) is 10.8. The third-order valence-corrected chi connectivity index (χ3v) is 17.3. The number of benzene rings is 1. The first-order valence-electron chi connectivity index (χ1n) is 26.0. The van der Waals surface area contributed by atoms with Crippen LogP contribution in [0.3, 0.4) is 0 Å². The molecule has 3 fully saturated rings. The Morgan fingerprint density at radius 1 is 0.843 bits per heavy atom. The second-order valence-electron chi connectivity index (χ2n) is 20.3. The van der Waals surface area contributed by atoms with Gasteiger partial charge in [-0.2, -0.15) is 9.97 Å². The molecule has 4 aromatic heterocycles. The van der Waals surface area contributed by atoms with Gasteiger partial charge in [-0.3, -0.25) is 66.6 Å². The molecule has 31 nitrogen and oxygen atoms in total. The summed E-state index contributed by atoms with van der Waals surface area (Å²) in [5, 5.41) is 17.0. The number of unbranched alkanes of at least 4 members (excludes halogenated alkanes) is 2. The lowest BCUT2D eigenvalue weighted by atomic mass is 9.88. The van der Waals surface area contributed by atoms with Crippen molar-refractivity contribution >= 4 is 107 Å². The summed E-state index contributed by atoms with van der Waals surface area (Å²) in [6.45, 7) is -5.33. The van der Waals surface area contributed by atoms with Crippen molar-refractivity contribution in [3.05, 3.63) is 80.9 Å². The van der Waals surface area contributed by atoms with Gasteiger partial charge in [-0.15, -0.1) is 0 Å². The van der Waals surface area contributed by atoms with Gasteiger partial charge in [-0.05, 0) is 48.6 Å². The lowest BCUT2D eigenvalue weighted by Gasteiger charge is -2.30. The fourth-order valence-electron chi connectivity index (χ4n) is 9.80. The van der Waals surface area contributed by atoms with Crippen molar-refractivity contribution in [1.29, 1.82) is 0 Å². The Balaban J connectivity index is 0.835. The van der Waals surface area contributed by atoms with E-state index in [4.69, 9.17) is 55.6 Å². The molecular formula is C48H59N13O18P2S2. The number of nitrogens with two attached hydrogens (primary N) is 2. The minimum atomic E-state index is -4.56. The monoisotopic (exact) mass is 1230 g/mol. The predicted molar refractivity (Wildman–Crippen MR) is 296 cm³/mol. The minimum absolute atomic E-state index is 0.0137. The standard InChI is InChI=1S/C48H59N13O18P2S2/c1-22(2)27(16-26(62)7-5-4-6-14-59-31(64)12-13-32(59)65)41(67)53-23(3)28(63)15-24-8-10-25(11-9-24)17-73-48(70)54-33-37-29(76-44(33)60-20-51-34-39(60)55-46(49)57-42(34)68)18-74-81(72,83)79-38-30(19-75-80(71,82)78-37)77-45(36(38)66)61-21-52-35-40(61)56-47(50)58-43(35)69/h8-13,20-23,27,29-30,33,36-38,44-45,66H,4-7,14-19H2,1-3H3,(H,53,67)(H,54,70)(H,71,82)(H,72,83)(H3,49,55,57,68)(H3,50,56,58,69)/t23-,27-,29+,30+,33-,36?,37?,38-,44+,45+,80?,81?/m0/s1. The molecule has 10 N–H and O–H groups in total. The SMILES string of the molecule is CC(C)[C@H](CC(=O)CCCCCN1C(=O)C=CC1=O)C(=O)N[C@@H](C)C(=O)Cc1ccc(COC(=O)N[C@H]2C3OP(O)(=S)OC[C@H]4O[C@@H](n5cnc6c(=O)[nH]c(N)nc65)C(O)[C@H]4OP(=O)(S)OC[C@H]3O[C@H]2n2cnc3c(=O)[nH]c(N)nc32)cc1. The zero-order valence-corrected chi connectivity index (χ0v) is 48.0. The molecule has 4 aliphatic rings. The molecule has 4 amide bonds. The van der Waals surface area contributed by atoms with E-state index >= 15 is 0 Å². The number of nitrogens with one attached hydrogen (secondary N) is 4. The van der Waals surface area contributed by atoms with Crippen molar-refractivity contribution in [3.63, 3.8) is 0 Å². The van der Waals surface area contributed by atoms with E-state index in [1.807, 2.05) is 13.8 Å². The molecule has 0 bridgehead atoms. The molecule has 446 valence electrons. The number of imide groups is 1. The number of aromatic amines is 2. The number of hydrogen-bond acceptors (Lipinski definition) is 24. The minimum Gasteiger partial charge on any atom is -0.445 e. The molecule has 3 saturated heterocycles. The average Bonchev–Trinajstić information content (AvgIpc) is 3.74. The largest absolute Gasteiger partial charge is 0.445 e. The molecule has 0 spiro atoms. The van der Waals surface area contributed by atoms with E-state index in [9.17, 15) is 52.9 Å². The van der Waals surface area contributed by atoms with Gasteiger partial charge in [0.1, 0.15) is 49.0 Å². The fourth-order valence-corrected chi connectivity index (χ4v) is 12.7. The summed E-state index contributed by atoms with van der Waals surface area (Å²) in [5.74, 6) is -3.03. The van der Waals surface area contributed by atoms with Gasteiger partial charge in [0.2, 0.25) is 17.8 Å². The quantitative estimate of drug-likeness (QED) is 0.0243. The maximum atomic E-state index is 14.0. The third-order valence-electron chi connectivity index (χ3n) is 14.1. The van der Waals surface area contributed by atoms with Crippen molar-refractivity contribution in [2.24, 2.45) is 11.8 Å². The van der Waals surface area contributed by atoms with Crippen LogP contribution in [0.25, 0.3) is 22.3 Å². The maximum Gasteiger partial charge on any atom is 0.407 e. The summed E-state index contributed by atoms with van der Waals surface area (Å²) in [6.07, 6.45) is -5.04. The van der Waals surface area contributed by atoms with Gasteiger partial charge in [-0.1, -0.05) is 56.8 Å². The Kier molecular flexibility index (Phi) is 18.6. The second-order valence-corrected chi connectivity index (χ2v) is 26.0. The smallest absolute Gasteiger partial charge is 0.407 e. The number of carbonyl (C=O) groups is 6. The van der Waals surface area contributed by atoms with Gasteiger partial charge in [-0.25, -0.2) is 19.3 Å². The number of aliphatic hydroxyl groups excluding tert-OH is 1. The highest BCUT2D eigenvalue weighted by molar-refractivity contribution is 8.44. The van der Waals surface area contributed by atoms with Crippen molar-refractivity contribution < 1.29 is 75.6 Å². The maximum absolute atomic E-state index is 14.0.